The van der Waals surface area contributed by atoms with Gasteiger partial charge in [0.05, 0.1) is 59.1 Å². The molecular weight excluding hydrogens is 832 g/mol. The fourth-order valence-electron chi connectivity index (χ4n) is 6.06. The smallest absolute Gasteiger partial charge is 0.335 e. The number of carbonyl (C=O) groups excluding carboxylic acids is 3. The van der Waals surface area contributed by atoms with Gasteiger partial charge in [-0.15, -0.1) is 0 Å². The van der Waals surface area contributed by atoms with Gasteiger partial charge in [0.2, 0.25) is 0 Å². The van der Waals surface area contributed by atoms with E-state index in [4.69, 9.17) is 57.2 Å². The quantitative estimate of drug-likeness (QED) is 0.0990. The van der Waals surface area contributed by atoms with Crippen LogP contribution in [0.25, 0.3) is 22.4 Å². The molecule has 8 rings (SSSR count). The minimum atomic E-state index is -0.987. The lowest BCUT2D eigenvalue weighted by molar-refractivity contribution is 0.0696. The predicted octanol–water partition coefficient (Wildman–Crippen LogP) is 11.8. The molecule has 1 aromatic heterocycles. The first-order valence-electron chi connectivity index (χ1n) is 17.9. The van der Waals surface area contributed by atoms with E-state index >= 15 is 0 Å². The molecule has 1 aliphatic heterocycles. The Morgan fingerprint density at radius 3 is 1.83 bits per heavy atom. The van der Waals surface area contributed by atoms with E-state index in [2.05, 4.69) is 29.1 Å². The van der Waals surface area contributed by atoms with Gasteiger partial charge in [-0.2, -0.15) is 0 Å². The molecule has 0 aliphatic carbocycles. The van der Waals surface area contributed by atoms with E-state index in [9.17, 15) is 19.2 Å². The SMILES string of the molecule is Cc1ccc(N)cc1C.Cc1ccc(NC(=O)c2ccc3c(c2)C(=O)N(c2c(Cl)cccc2Cl)C3=O)cc1C.O=C(O)c1ccc2nc(-c3c(Cl)cccc3Cl)[nH]c2c1. The number of carboxylic acids is 1. The molecule has 6 aromatic carbocycles. The van der Waals surface area contributed by atoms with Crippen LogP contribution in [0.5, 0.6) is 0 Å². The van der Waals surface area contributed by atoms with E-state index in [0.717, 1.165) is 21.7 Å². The number of aryl methyl sites for hydroxylation is 4. The standard InChI is InChI=1S/C23H16Cl2N2O3.C14H8Cl2N2O2.C8H11N/c1-12-6-8-15(10-13(12)2)26-21(28)14-7-9-16-17(11-14)23(30)27(22(16)29)20-18(24)4-3-5-19(20)25;15-8-2-1-3-9(16)12(8)13-17-10-5-4-7(14(19)20)6-11(10)18-13;1-6-3-4-8(9)5-7(6)2/h3-11H,1-2H3,(H,26,28);1-6H,(H,17,18)(H,19,20);3-5H,9H2,1-2H3. The highest BCUT2D eigenvalue weighted by Gasteiger charge is 2.39. The van der Waals surface area contributed by atoms with Gasteiger partial charge in [0, 0.05) is 16.9 Å². The zero-order valence-electron chi connectivity index (χ0n) is 32.0. The molecule has 0 saturated carbocycles. The number of hydrogen-bond donors (Lipinski definition) is 4. The molecule has 0 unspecified atom stereocenters. The lowest BCUT2D eigenvalue weighted by Crippen LogP contribution is -2.29. The van der Waals surface area contributed by atoms with Crippen LogP contribution in [0.3, 0.4) is 0 Å². The molecule has 0 radical (unpaired) electrons. The molecule has 10 nitrogen and oxygen atoms in total. The molecule has 5 N–H and O–H groups in total. The van der Waals surface area contributed by atoms with Crippen LogP contribution in [0.2, 0.25) is 20.1 Å². The third-order valence-corrected chi connectivity index (χ3v) is 10.8. The topological polar surface area (TPSA) is 158 Å². The van der Waals surface area contributed by atoms with Gasteiger partial charge in [-0.05, 0) is 135 Å². The van der Waals surface area contributed by atoms with Crippen molar-refractivity contribution < 1.29 is 24.3 Å². The summed E-state index contributed by atoms with van der Waals surface area (Å²) in [6.07, 6.45) is 0. The van der Waals surface area contributed by atoms with Crippen molar-refractivity contribution in [2.45, 2.75) is 27.7 Å². The van der Waals surface area contributed by atoms with E-state index < -0.39 is 17.8 Å². The average molecular weight is 868 g/mol. The Morgan fingerprint density at radius 2 is 1.24 bits per heavy atom. The number of amides is 3. The van der Waals surface area contributed by atoms with Gasteiger partial charge in [-0.25, -0.2) is 14.7 Å². The van der Waals surface area contributed by atoms with Crippen molar-refractivity contribution in [1.29, 1.82) is 0 Å². The van der Waals surface area contributed by atoms with Crippen molar-refractivity contribution in [1.82, 2.24) is 9.97 Å². The van der Waals surface area contributed by atoms with E-state index in [1.54, 1.807) is 42.5 Å². The molecule has 59 heavy (non-hydrogen) atoms. The number of nitrogens with two attached hydrogens (primary N) is 1. The number of hydrogen-bond acceptors (Lipinski definition) is 6. The van der Waals surface area contributed by atoms with Crippen LogP contribution in [-0.4, -0.2) is 38.8 Å². The first-order valence-corrected chi connectivity index (χ1v) is 19.4. The third kappa shape index (κ3) is 9.27. The number of nitrogens with one attached hydrogen (secondary N) is 2. The molecule has 2 heterocycles. The number of fused-ring (bicyclic) bond motifs is 2. The molecule has 298 valence electrons. The van der Waals surface area contributed by atoms with Crippen LogP contribution < -0.4 is 16.0 Å². The summed E-state index contributed by atoms with van der Waals surface area (Å²) in [5.74, 6) is -1.97. The van der Waals surface area contributed by atoms with Gasteiger partial charge < -0.3 is 21.1 Å². The maximum absolute atomic E-state index is 13.0. The Morgan fingerprint density at radius 1 is 0.661 bits per heavy atom. The highest BCUT2D eigenvalue weighted by atomic mass is 35.5. The minimum Gasteiger partial charge on any atom is -0.478 e. The number of para-hydroxylation sites is 1. The van der Waals surface area contributed by atoms with E-state index in [1.165, 1.54) is 41.5 Å². The lowest BCUT2D eigenvalue weighted by atomic mass is 10.0. The summed E-state index contributed by atoms with van der Waals surface area (Å²) in [6, 6.07) is 30.5. The molecule has 7 aromatic rings. The highest BCUT2D eigenvalue weighted by molar-refractivity contribution is 6.44. The number of H-pyrrole nitrogens is 1. The largest absolute Gasteiger partial charge is 0.478 e. The number of anilines is 3. The number of imide groups is 1. The third-order valence-electron chi connectivity index (χ3n) is 9.53. The Hall–Kier alpha value is -6.17. The number of nitrogens with zero attached hydrogens (tertiary/aromatic N) is 2. The summed E-state index contributed by atoms with van der Waals surface area (Å²) >= 11 is 24.6. The number of benzene rings is 6. The van der Waals surface area contributed by atoms with E-state index in [0.29, 0.717) is 38.2 Å². The van der Waals surface area contributed by atoms with Crippen molar-refractivity contribution in [3.05, 3.63) is 174 Å². The zero-order valence-corrected chi connectivity index (χ0v) is 35.0. The van der Waals surface area contributed by atoms with Crippen LogP contribution >= 0.6 is 46.4 Å². The zero-order chi connectivity index (χ0) is 42.7. The van der Waals surface area contributed by atoms with Gasteiger partial charge in [-0.3, -0.25) is 14.4 Å². The van der Waals surface area contributed by atoms with E-state index in [-0.39, 0.29) is 43.9 Å². The second-order valence-electron chi connectivity index (χ2n) is 13.6. The summed E-state index contributed by atoms with van der Waals surface area (Å²) in [4.78, 5) is 57.9. The lowest BCUT2D eigenvalue weighted by Gasteiger charge is -2.16. The van der Waals surface area contributed by atoms with Crippen LogP contribution in [0.1, 0.15) is 63.7 Å². The van der Waals surface area contributed by atoms with Crippen molar-refractivity contribution in [2.24, 2.45) is 0 Å². The summed E-state index contributed by atoms with van der Waals surface area (Å²) < 4.78 is 0. The van der Waals surface area contributed by atoms with Crippen molar-refractivity contribution in [3.63, 3.8) is 0 Å². The van der Waals surface area contributed by atoms with Crippen LogP contribution in [0.15, 0.2) is 109 Å². The summed E-state index contributed by atoms with van der Waals surface area (Å²) in [5, 5.41) is 13.1. The summed E-state index contributed by atoms with van der Waals surface area (Å²) in [5.41, 5.74) is 14.5. The average Bonchev–Trinajstić information content (AvgIpc) is 3.72. The first kappa shape index (κ1) is 42.4. The Kier molecular flexibility index (Phi) is 12.8. The van der Waals surface area contributed by atoms with Crippen molar-refractivity contribution in [3.8, 4) is 11.4 Å². The van der Waals surface area contributed by atoms with E-state index in [1.807, 2.05) is 50.2 Å². The normalized spacial score (nSPS) is 11.7. The maximum atomic E-state index is 13.0. The molecule has 1 aliphatic rings. The number of imidazole rings is 1. The molecule has 0 saturated heterocycles. The van der Waals surface area contributed by atoms with Gasteiger partial charge in [0.15, 0.2) is 0 Å². The number of carboxylic acid groups (broad SMARTS) is 1. The van der Waals surface area contributed by atoms with Crippen LogP contribution in [0.4, 0.5) is 17.1 Å². The van der Waals surface area contributed by atoms with Gasteiger partial charge in [0.25, 0.3) is 17.7 Å². The van der Waals surface area contributed by atoms with Crippen molar-refractivity contribution >= 4 is 98.2 Å². The van der Waals surface area contributed by atoms with Gasteiger partial charge >= 0.3 is 5.97 Å². The molecule has 14 heteroatoms. The Labute approximate surface area is 359 Å². The van der Waals surface area contributed by atoms with Crippen LogP contribution in [-0.2, 0) is 0 Å². The molecule has 0 spiro atoms. The maximum Gasteiger partial charge on any atom is 0.335 e. The molecule has 0 fully saturated rings. The molecular formula is C45H35Cl4N5O5. The van der Waals surface area contributed by atoms with Gasteiger partial charge in [0.1, 0.15) is 5.82 Å². The first-order chi connectivity index (χ1) is 28.0. The number of rotatable bonds is 5. The number of aromatic carboxylic acids is 1. The van der Waals surface area contributed by atoms with Crippen molar-refractivity contribution in [2.75, 3.05) is 16.0 Å². The monoisotopic (exact) mass is 865 g/mol. The second-order valence-corrected chi connectivity index (χ2v) is 15.2. The molecule has 3 amide bonds. The predicted molar refractivity (Wildman–Crippen MR) is 237 cm³/mol. The number of halogens is 4. The molecule has 0 atom stereocenters. The fourth-order valence-corrected chi connectivity index (χ4v) is 7.20. The highest BCUT2D eigenvalue weighted by Crippen LogP contribution is 2.39. The second kappa shape index (κ2) is 17.8. The molecule has 0 bridgehead atoms. The number of nitrogen functional groups attached to an aromatic ring is 1. The number of aromatic amines is 1. The minimum absolute atomic E-state index is 0.128. The number of carbonyl (C=O) groups is 4. The Balaban J connectivity index is 0.000000172. The van der Waals surface area contributed by atoms with Crippen LogP contribution in [0, 0.1) is 27.7 Å². The summed E-state index contributed by atoms with van der Waals surface area (Å²) in [7, 11) is 0. The number of aromatic nitrogens is 2. The summed E-state index contributed by atoms with van der Waals surface area (Å²) in [6.45, 7) is 8.08. The Bertz CT molecular complexity index is 2780. The van der Waals surface area contributed by atoms with Gasteiger partial charge in [-0.1, -0.05) is 70.7 Å². The fraction of sp³-hybridized carbons (Fsp3) is 0.0889.